The number of rotatable bonds is 12. The second-order valence-electron chi connectivity index (χ2n) is 8.52. The van der Waals surface area contributed by atoms with E-state index in [1.54, 1.807) is 37.3 Å². The lowest BCUT2D eigenvalue weighted by atomic mass is 9.85. The number of unbranched alkanes of at least 4 members (excludes halogenated alkanes) is 3. The van der Waals surface area contributed by atoms with Gasteiger partial charge in [-0.3, -0.25) is 0 Å². The van der Waals surface area contributed by atoms with Crippen LogP contribution in [0.4, 0.5) is 0 Å². The van der Waals surface area contributed by atoms with Crippen LogP contribution in [0.1, 0.15) is 70.3 Å². The van der Waals surface area contributed by atoms with Gasteiger partial charge in [-0.25, -0.2) is 0 Å². The first-order chi connectivity index (χ1) is 14.3. The van der Waals surface area contributed by atoms with E-state index in [0.29, 0.717) is 35.7 Å². The number of carbonyl (C=O) groups is 1. The fraction of sp³-hybridized carbons (Fsp3) is 0.625. The summed E-state index contributed by atoms with van der Waals surface area (Å²) in [5.41, 5.74) is 0.791. The summed E-state index contributed by atoms with van der Waals surface area (Å²) in [6, 6.07) is 5.22. The Morgan fingerprint density at radius 3 is 2.43 bits per heavy atom. The molecule has 1 saturated carbocycles. The summed E-state index contributed by atoms with van der Waals surface area (Å²) in [7, 11) is 0. The quantitative estimate of drug-likeness (QED) is 0.366. The van der Waals surface area contributed by atoms with Gasteiger partial charge in [0.2, 0.25) is 0 Å². The number of hydrogen-bond donors (Lipinski definition) is 3. The van der Waals surface area contributed by atoms with E-state index < -0.39 is 18.3 Å². The van der Waals surface area contributed by atoms with Gasteiger partial charge in [-0.05, 0) is 68.6 Å². The Hall–Kier alpha value is -0.910. The minimum Gasteiger partial charge on any atom is -0.393 e. The van der Waals surface area contributed by atoms with Crippen LogP contribution < -0.4 is 0 Å². The summed E-state index contributed by atoms with van der Waals surface area (Å²) in [4.78, 5) is 11.0. The number of hydrogen-bond acceptors (Lipinski definition) is 4. The Bertz CT molecular complexity index is 706. The lowest BCUT2D eigenvalue weighted by Gasteiger charge is -2.24. The summed E-state index contributed by atoms with van der Waals surface area (Å²) >= 11 is 12.0. The van der Waals surface area contributed by atoms with Crippen molar-refractivity contribution < 1.29 is 20.1 Å². The van der Waals surface area contributed by atoms with Gasteiger partial charge in [0.15, 0.2) is 0 Å². The van der Waals surface area contributed by atoms with Crippen LogP contribution in [0.5, 0.6) is 0 Å². The predicted molar refractivity (Wildman–Crippen MR) is 123 cm³/mol. The van der Waals surface area contributed by atoms with Gasteiger partial charge in [0.25, 0.3) is 0 Å². The first-order valence-corrected chi connectivity index (χ1v) is 11.7. The molecule has 30 heavy (non-hydrogen) atoms. The largest absolute Gasteiger partial charge is 0.393 e. The molecule has 1 aromatic carbocycles. The molecule has 2 rings (SSSR count). The summed E-state index contributed by atoms with van der Waals surface area (Å²) in [6.07, 6.45) is 8.89. The van der Waals surface area contributed by atoms with Crippen molar-refractivity contribution in [3.8, 4) is 0 Å². The fourth-order valence-electron chi connectivity index (χ4n) is 4.40. The lowest BCUT2D eigenvalue weighted by molar-refractivity contribution is -0.117. The molecule has 0 aromatic heterocycles. The smallest absolute Gasteiger partial charge is 0.129 e. The van der Waals surface area contributed by atoms with E-state index in [-0.39, 0.29) is 17.6 Å². The zero-order valence-corrected chi connectivity index (χ0v) is 19.2. The Balaban J connectivity index is 1.79. The van der Waals surface area contributed by atoms with Crippen LogP contribution >= 0.6 is 23.2 Å². The third-order valence-electron chi connectivity index (χ3n) is 6.09. The number of halogens is 2. The molecule has 1 aliphatic carbocycles. The molecule has 0 amide bonds. The molecule has 1 aliphatic rings. The number of Topliss-reactive ketones (excluding diaryl/α,β-unsaturated/α-hetero) is 1. The highest BCUT2D eigenvalue weighted by molar-refractivity contribution is 6.35. The molecule has 6 heteroatoms. The summed E-state index contributed by atoms with van der Waals surface area (Å²) < 4.78 is 0. The van der Waals surface area contributed by atoms with Crippen LogP contribution in [-0.4, -0.2) is 39.4 Å². The van der Waals surface area contributed by atoms with Crippen molar-refractivity contribution >= 4 is 35.1 Å². The van der Waals surface area contributed by atoms with E-state index in [9.17, 15) is 20.1 Å². The van der Waals surface area contributed by atoms with Crippen molar-refractivity contribution in [1.82, 2.24) is 0 Å². The molecule has 1 unspecified atom stereocenters. The van der Waals surface area contributed by atoms with Gasteiger partial charge in [0.1, 0.15) is 5.78 Å². The van der Waals surface area contributed by atoms with Gasteiger partial charge in [0, 0.05) is 16.5 Å². The highest BCUT2D eigenvalue weighted by Gasteiger charge is 2.40. The van der Waals surface area contributed by atoms with Crippen LogP contribution in [0, 0.1) is 11.8 Å². The van der Waals surface area contributed by atoms with Crippen LogP contribution in [0.3, 0.4) is 0 Å². The Labute approximate surface area is 189 Å². The lowest BCUT2D eigenvalue weighted by Crippen LogP contribution is -2.23. The van der Waals surface area contributed by atoms with Gasteiger partial charge < -0.3 is 20.1 Å². The van der Waals surface area contributed by atoms with Crippen molar-refractivity contribution in [1.29, 1.82) is 0 Å². The van der Waals surface area contributed by atoms with Crippen molar-refractivity contribution in [3.05, 3.63) is 39.9 Å². The summed E-state index contributed by atoms with van der Waals surface area (Å²) in [5, 5.41) is 32.2. The first kappa shape index (κ1) is 25.4. The third-order valence-corrected chi connectivity index (χ3v) is 6.66. The first-order valence-electron chi connectivity index (χ1n) is 10.9. The van der Waals surface area contributed by atoms with E-state index in [1.165, 1.54) is 0 Å². The molecule has 1 fully saturated rings. The Morgan fingerprint density at radius 2 is 1.77 bits per heavy atom. The van der Waals surface area contributed by atoms with Crippen molar-refractivity contribution in [2.24, 2.45) is 11.8 Å². The minimum absolute atomic E-state index is 0.000565. The molecule has 5 atom stereocenters. The summed E-state index contributed by atoms with van der Waals surface area (Å²) in [6.45, 7) is 1.62. The highest BCUT2D eigenvalue weighted by Crippen LogP contribution is 2.39. The second-order valence-corrected chi connectivity index (χ2v) is 9.37. The van der Waals surface area contributed by atoms with Crippen LogP contribution in [-0.2, 0) is 4.79 Å². The molecule has 0 bridgehead atoms. The molecule has 0 aliphatic heterocycles. The molecule has 1 aromatic rings. The van der Waals surface area contributed by atoms with E-state index >= 15 is 0 Å². The molecule has 0 saturated heterocycles. The number of ketones is 1. The van der Waals surface area contributed by atoms with Gasteiger partial charge in [-0.1, -0.05) is 60.7 Å². The molecule has 4 nitrogen and oxygen atoms in total. The van der Waals surface area contributed by atoms with Gasteiger partial charge in [-0.2, -0.15) is 0 Å². The van der Waals surface area contributed by atoms with E-state index in [1.807, 2.05) is 0 Å². The average Bonchev–Trinajstić information content (AvgIpc) is 2.94. The van der Waals surface area contributed by atoms with Crippen LogP contribution in [0.2, 0.25) is 10.0 Å². The summed E-state index contributed by atoms with van der Waals surface area (Å²) in [5.74, 6) is 0.296. The Morgan fingerprint density at radius 1 is 1.10 bits per heavy atom. The number of carbonyl (C=O) groups excluding carboxylic acids is 1. The minimum atomic E-state index is -0.645. The van der Waals surface area contributed by atoms with Gasteiger partial charge >= 0.3 is 0 Å². The second kappa shape index (κ2) is 12.8. The molecule has 3 N–H and O–H groups in total. The number of aliphatic hydroxyl groups excluding tert-OH is 3. The van der Waals surface area contributed by atoms with E-state index in [2.05, 4.69) is 0 Å². The number of benzene rings is 1. The topological polar surface area (TPSA) is 77.8 Å². The fourth-order valence-corrected chi connectivity index (χ4v) is 4.87. The van der Waals surface area contributed by atoms with Crippen molar-refractivity contribution in [3.63, 3.8) is 0 Å². The monoisotopic (exact) mass is 456 g/mol. The van der Waals surface area contributed by atoms with Gasteiger partial charge in [-0.15, -0.1) is 0 Å². The molecular weight excluding hydrogens is 423 g/mol. The van der Waals surface area contributed by atoms with E-state index in [4.69, 9.17) is 23.2 Å². The normalized spacial score (nSPS) is 25.1. The molecular formula is C24H34Cl2O4. The Kier molecular flexibility index (Phi) is 10.8. The zero-order chi connectivity index (χ0) is 22.1. The number of aliphatic hydroxyl groups is 3. The van der Waals surface area contributed by atoms with Crippen LogP contribution in [0.15, 0.2) is 24.3 Å². The highest BCUT2D eigenvalue weighted by atomic mass is 35.5. The van der Waals surface area contributed by atoms with Crippen molar-refractivity contribution in [2.45, 2.75) is 83.0 Å². The maximum absolute atomic E-state index is 11.0. The molecule has 0 heterocycles. The SMILES string of the molecule is CC(=O)CCCCCC[C@@H]1[C@@H](CCC(O)/C=C/c2ccc(Cl)cc2Cl)[C@H](O)C[C@@H]1O. The molecule has 0 spiro atoms. The maximum atomic E-state index is 11.0. The van der Waals surface area contributed by atoms with Crippen molar-refractivity contribution in [2.75, 3.05) is 0 Å². The standard InChI is InChI=1S/C24H34Cl2O4/c1-16(27)6-4-2-3-5-7-20-21(24(30)15-23(20)29)13-12-19(28)11-9-17-8-10-18(25)14-22(17)26/h8-11,14,19-21,23-24,28-30H,2-7,12-13,15H2,1H3/b11-9+/t19?,20-,21-,23+,24-/m1/s1. The van der Waals surface area contributed by atoms with Crippen LogP contribution in [0.25, 0.3) is 6.08 Å². The maximum Gasteiger partial charge on any atom is 0.129 e. The van der Waals surface area contributed by atoms with E-state index in [0.717, 1.165) is 37.7 Å². The molecule has 0 radical (unpaired) electrons. The zero-order valence-electron chi connectivity index (χ0n) is 17.6. The molecule has 168 valence electrons. The van der Waals surface area contributed by atoms with Gasteiger partial charge in [0.05, 0.1) is 18.3 Å². The third kappa shape index (κ3) is 8.32. The average molecular weight is 457 g/mol. The predicted octanol–water partition coefficient (Wildman–Crippen LogP) is 5.44.